The second-order valence-electron chi connectivity index (χ2n) is 3.94. The van der Waals surface area contributed by atoms with Gasteiger partial charge < -0.3 is 15.2 Å². The van der Waals surface area contributed by atoms with Crippen molar-refractivity contribution in [1.82, 2.24) is 0 Å². The van der Waals surface area contributed by atoms with E-state index in [1.165, 1.54) is 0 Å². The molecule has 1 aromatic rings. The summed E-state index contributed by atoms with van der Waals surface area (Å²) in [5.74, 6) is 0.907. The van der Waals surface area contributed by atoms with Gasteiger partial charge in [-0.15, -0.1) is 0 Å². The summed E-state index contributed by atoms with van der Waals surface area (Å²) in [6.07, 6.45) is 0. The highest BCUT2D eigenvalue weighted by atomic mass is 16.5. The minimum Gasteiger partial charge on any atom is -0.496 e. The third kappa shape index (κ3) is 2.97. The van der Waals surface area contributed by atoms with Crippen LogP contribution in [0, 0.1) is 13.8 Å². The van der Waals surface area contributed by atoms with E-state index in [4.69, 9.17) is 15.2 Å². The summed E-state index contributed by atoms with van der Waals surface area (Å²) >= 11 is 0. The Kier molecular flexibility index (Phi) is 4.77. The van der Waals surface area contributed by atoms with Crippen LogP contribution in [0.5, 0.6) is 5.75 Å². The second kappa shape index (κ2) is 5.87. The highest BCUT2D eigenvalue weighted by Gasteiger charge is 2.11. The Morgan fingerprint density at radius 3 is 2.50 bits per heavy atom. The summed E-state index contributed by atoms with van der Waals surface area (Å²) in [5.41, 5.74) is 9.46. The summed E-state index contributed by atoms with van der Waals surface area (Å²) in [6, 6.07) is 4.04. The van der Waals surface area contributed by atoms with Crippen LogP contribution >= 0.6 is 0 Å². The van der Waals surface area contributed by atoms with Crippen LogP contribution in [0.15, 0.2) is 12.1 Å². The summed E-state index contributed by atoms with van der Waals surface area (Å²) in [6.45, 7) is 7.29. The van der Waals surface area contributed by atoms with E-state index in [0.29, 0.717) is 13.2 Å². The average molecular weight is 223 g/mol. The third-order valence-corrected chi connectivity index (χ3v) is 2.68. The molecule has 0 aliphatic heterocycles. The Labute approximate surface area is 97.6 Å². The van der Waals surface area contributed by atoms with Gasteiger partial charge in [0.25, 0.3) is 0 Å². The van der Waals surface area contributed by atoms with E-state index in [0.717, 1.165) is 22.4 Å². The van der Waals surface area contributed by atoms with E-state index in [-0.39, 0.29) is 6.04 Å². The Hall–Kier alpha value is -1.06. The zero-order valence-corrected chi connectivity index (χ0v) is 10.5. The quantitative estimate of drug-likeness (QED) is 0.833. The first kappa shape index (κ1) is 13.0. The van der Waals surface area contributed by atoms with Gasteiger partial charge in [-0.2, -0.15) is 0 Å². The molecule has 1 rings (SSSR count). The molecule has 0 saturated heterocycles. The average Bonchev–Trinajstić information content (AvgIpc) is 2.28. The predicted molar refractivity (Wildman–Crippen MR) is 65.9 cm³/mol. The Morgan fingerprint density at radius 2 is 1.94 bits per heavy atom. The monoisotopic (exact) mass is 223 g/mol. The molecule has 2 N–H and O–H groups in total. The molecule has 0 aliphatic rings. The molecule has 3 nitrogen and oxygen atoms in total. The van der Waals surface area contributed by atoms with Gasteiger partial charge >= 0.3 is 0 Å². The summed E-state index contributed by atoms with van der Waals surface area (Å²) in [7, 11) is 1.68. The first-order valence-electron chi connectivity index (χ1n) is 5.58. The van der Waals surface area contributed by atoms with Crippen LogP contribution in [0.1, 0.15) is 29.7 Å². The van der Waals surface area contributed by atoms with Gasteiger partial charge in [0.1, 0.15) is 5.75 Å². The highest BCUT2D eigenvalue weighted by molar-refractivity contribution is 5.42. The molecule has 0 fully saturated rings. The molecule has 16 heavy (non-hydrogen) atoms. The molecule has 1 aromatic carbocycles. The van der Waals surface area contributed by atoms with Gasteiger partial charge in [-0.05, 0) is 43.5 Å². The molecule has 3 heteroatoms. The fourth-order valence-electron chi connectivity index (χ4n) is 1.77. The number of ether oxygens (including phenoxy) is 2. The lowest BCUT2D eigenvalue weighted by atomic mass is 9.99. The summed E-state index contributed by atoms with van der Waals surface area (Å²) in [5, 5.41) is 0. The van der Waals surface area contributed by atoms with Gasteiger partial charge in [-0.25, -0.2) is 0 Å². The minimum atomic E-state index is -0.0652. The van der Waals surface area contributed by atoms with Crippen molar-refractivity contribution in [2.24, 2.45) is 5.73 Å². The van der Waals surface area contributed by atoms with Gasteiger partial charge in [0.2, 0.25) is 0 Å². The predicted octanol–water partition coefficient (Wildman–Crippen LogP) is 2.35. The van der Waals surface area contributed by atoms with E-state index >= 15 is 0 Å². The van der Waals surface area contributed by atoms with Gasteiger partial charge in [0.05, 0.1) is 19.8 Å². The summed E-state index contributed by atoms with van der Waals surface area (Å²) in [4.78, 5) is 0. The first-order valence-corrected chi connectivity index (χ1v) is 5.58. The van der Waals surface area contributed by atoms with E-state index in [2.05, 4.69) is 6.07 Å². The molecule has 0 aliphatic carbocycles. The number of nitrogens with two attached hydrogens (primary N) is 1. The first-order chi connectivity index (χ1) is 7.60. The molecular weight excluding hydrogens is 202 g/mol. The van der Waals surface area contributed by atoms with E-state index in [1.54, 1.807) is 7.11 Å². The number of hydrogen-bond acceptors (Lipinski definition) is 3. The molecule has 0 saturated carbocycles. The van der Waals surface area contributed by atoms with Gasteiger partial charge in [-0.1, -0.05) is 6.07 Å². The van der Waals surface area contributed by atoms with Crippen molar-refractivity contribution in [2.45, 2.75) is 26.8 Å². The van der Waals surface area contributed by atoms with E-state index in [9.17, 15) is 0 Å². The number of benzene rings is 1. The lowest BCUT2D eigenvalue weighted by Crippen LogP contribution is -2.18. The van der Waals surface area contributed by atoms with Crippen LogP contribution < -0.4 is 10.5 Å². The lowest BCUT2D eigenvalue weighted by molar-refractivity contribution is 0.133. The molecule has 0 spiro atoms. The van der Waals surface area contributed by atoms with E-state index in [1.807, 2.05) is 26.8 Å². The van der Waals surface area contributed by atoms with E-state index < -0.39 is 0 Å². The lowest BCUT2D eigenvalue weighted by Gasteiger charge is -2.17. The highest BCUT2D eigenvalue weighted by Crippen LogP contribution is 2.25. The fourth-order valence-corrected chi connectivity index (χ4v) is 1.77. The molecule has 0 heterocycles. The van der Waals surface area contributed by atoms with Crippen molar-refractivity contribution in [3.63, 3.8) is 0 Å². The van der Waals surface area contributed by atoms with Crippen molar-refractivity contribution in [3.8, 4) is 5.75 Å². The molecular formula is C13H21NO2. The number of aryl methyl sites for hydroxylation is 2. The smallest absolute Gasteiger partial charge is 0.122 e. The van der Waals surface area contributed by atoms with Crippen molar-refractivity contribution < 1.29 is 9.47 Å². The third-order valence-electron chi connectivity index (χ3n) is 2.68. The normalized spacial score (nSPS) is 12.6. The minimum absolute atomic E-state index is 0.0652. The van der Waals surface area contributed by atoms with Crippen LogP contribution in [-0.2, 0) is 4.74 Å². The Morgan fingerprint density at radius 1 is 1.25 bits per heavy atom. The topological polar surface area (TPSA) is 44.5 Å². The zero-order chi connectivity index (χ0) is 12.1. The standard InChI is InChI=1S/C13H21NO2/c1-5-16-8-12(14)11-6-10(3)13(15-4)7-9(11)2/h6-7,12H,5,8,14H2,1-4H3. The molecule has 0 bridgehead atoms. The van der Waals surface area contributed by atoms with Crippen molar-refractivity contribution in [1.29, 1.82) is 0 Å². The SMILES string of the molecule is CCOCC(N)c1cc(C)c(OC)cc1C. The number of hydrogen-bond donors (Lipinski definition) is 1. The van der Waals surface area contributed by atoms with Crippen molar-refractivity contribution in [3.05, 3.63) is 28.8 Å². The van der Waals surface area contributed by atoms with Gasteiger partial charge in [0, 0.05) is 6.61 Å². The van der Waals surface area contributed by atoms with Gasteiger partial charge in [-0.3, -0.25) is 0 Å². The molecule has 0 aromatic heterocycles. The van der Waals surface area contributed by atoms with Crippen LogP contribution in [0.2, 0.25) is 0 Å². The molecule has 0 radical (unpaired) electrons. The number of rotatable bonds is 5. The molecule has 0 amide bonds. The van der Waals surface area contributed by atoms with Crippen LogP contribution in [0.4, 0.5) is 0 Å². The molecule has 1 unspecified atom stereocenters. The fraction of sp³-hybridized carbons (Fsp3) is 0.538. The largest absolute Gasteiger partial charge is 0.496 e. The molecule has 90 valence electrons. The number of methoxy groups -OCH3 is 1. The molecule has 1 atom stereocenters. The Bertz CT molecular complexity index is 350. The van der Waals surface area contributed by atoms with Crippen LogP contribution in [0.25, 0.3) is 0 Å². The second-order valence-corrected chi connectivity index (χ2v) is 3.94. The Balaban J connectivity index is 2.92. The van der Waals surface area contributed by atoms with Gasteiger partial charge in [0.15, 0.2) is 0 Å². The van der Waals surface area contributed by atoms with Crippen LogP contribution in [-0.4, -0.2) is 20.3 Å². The van der Waals surface area contributed by atoms with Crippen molar-refractivity contribution in [2.75, 3.05) is 20.3 Å². The van der Waals surface area contributed by atoms with Crippen LogP contribution in [0.3, 0.4) is 0 Å². The maximum atomic E-state index is 6.08. The maximum Gasteiger partial charge on any atom is 0.122 e. The maximum absolute atomic E-state index is 6.08. The zero-order valence-electron chi connectivity index (χ0n) is 10.5. The summed E-state index contributed by atoms with van der Waals surface area (Å²) < 4.78 is 10.6. The van der Waals surface area contributed by atoms with Crippen molar-refractivity contribution >= 4 is 0 Å².